The van der Waals surface area contributed by atoms with E-state index in [9.17, 15) is 10.1 Å². The summed E-state index contributed by atoms with van der Waals surface area (Å²) in [5.74, 6) is 0.341. The van der Waals surface area contributed by atoms with Crippen LogP contribution in [0.15, 0.2) is 66.7 Å². The summed E-state index contributed by atoms with van der Waals surface area (Å²) < 4.78 is 16.1. The van der Waals surface area contributed by atoms with Gasteiger partial charge >= 0.3 is 5.97 Å². The second-order valence-electron chi connectivity index (χ2n) is 6.28. The van der Waals surface area contributed by atoms with E-state index in [1.807, 2.05) is 0 Å². The molecule has 0 bridgehead atoms. The SMILES string of the molecule is COc1cc(/C=C(/C#N)c2cccc(Cl)c2)ccc1OC(=O)COc1ccccc1Cl. The van der Waals surface area contributed by atoms with Crippen molar-refractivity contribution >= 4 is 40.8 Å². The number of nitrogens with zero attached hydrogens (tertiary/aromatic N) is 1. The van der Waals surface area contributed by atoms with Crippen LogP contribution in [0.2, 0.25) is 10.0 Å². The summed E-state index contributed by atoms with van der Waals surface area (Å²) in [6, 6.07) is 21.0. The van der Waals surface area contributed by atoms with E-state index in [0.29, 0.717) is 38.2 Å². The lowest BCUT2D eigenvalue weighted by Crippen LogP contribution is -2.18. The molecule has 0 heterocycles. The third-order valence-electron chi connectivity index (χ3n) is 4.16. The smallest absolute Gasteiger partial charge is 0.349 e. The molecular formula is C24H17Cl2NO4. The molecule has 3 rings (SSSR count). The third-order valence-corrected chi connectivity index (χ3v) is 4.71. The number of rotatable bonds is 7. The van der Waals surface area contributed by atoms with Crippen molar-refractivity contribution in [3.05, 3.63) is 87.9 Å². The lowest BCUT2D eigenvalue weighted by molar-refractivity contribution is -0.136. The number of carbonyl (C=O) groups excluding carboxylic acids is 1. The molecule has 0 amide bonds. The molecule has 3 aromatic carbocycles. The van der Waals surface area contributed by atoms with Crippen LogP contribution in [0.3, 0.4) is 0 Å². The molecule has 0 atom stereocenters. The maximum atomic E-state index is 12.2. The number of hydrogen-bond acceptors (Lipinski definition) is 5. The number of carbonyl (C=O) groups is 1. The highest BCUT2D eigenvalue weighted by molar-refractivity contribution is 6.32. The molecular weight excluding hydrogens is 437 g/mol. The zero-order valence-electron chi connectivity index (χ0n) is 16.5. The number of hydrogen-bond donors (Lipinski definition) is 0. The van der Waals surface area contributed by atoms with Crippen LogP contribution in [0.1, 0.15) is 11.1 Å². The van der Waals surface area contributed by atoms with Crippen molar-refractivity contribution in [2.75, 3.05) is 13.7 Å². The second kappa shape index (κ2) is 10.5. The van der Waals surface area contributed by atoms with Crippen molar-refractivity contribution in [2.45, 2.75) is 0 Å². The Hall–Kier alpha value is -3.46. The van der Waals surface area contributed by atoms with E-state index in [0.717, 1.165) is 0 Å². The van der Waals surface area contributed by atoms with Crippen molar-refractivity contribution < 1.29 is 19.0 Å². The normalized spacial score (nSPS) is 10.8. The minimum Gasteiger partial charge on any atom is -0.493 e. The zero-order valence-corrected chi connectivity index (χ0v) is 18.0. The van der Waals surface area contributed by atoms with E-state index in [2.05, 4.69) is 6.07 Å². The highest BCUT2D eigenvalue weighted by Crippen LogP contribution is 2.30. The Morgan fingerprint density at radius 3 is 2.52 bits per heavy atom. The van der Waals surface area contributed by atoms with E-state index in [-0.39, 0.29) is 12.4 Å². The summed E-state index contributed by atoms with van der Waals surface area (Å²) in [4.78, 5) is 12.2. The van der Waals surface area contributed by atoms with Gasteiger partial charge in [-0.2, -0.15) is 5.26 Å². The highest BCUT2D eigenvalue weighted by atomic mass is 35.5. The summed E-state index contributed by atoms with van der Waals surface area (Å²) in [6.45, 7) is -0.318. The molecule has 0 aromatic heterocycles. The average Bonchev–Trinajstić information content (AvgIpc) is 2.77. The van der Waals surface area contributed by atoms with Gasteiger partial charge in [0.05, 0.1) is 23.8 Å². The summed E-state index contributed by atoms with van der Waals surface area (Å²) in [6.07, 6.45) is 1.69. The fourth-order valence-corrected chi connectivity index (χ4v) is 3.09. The van der Waals surface area contributed by atoms with Gasteiger partial charge in [-0.1, -0.05) is 53.5 Å². The molecule has 3 aromatic rings. The molecule has 5 nitrogen and oxygen atoms in total. The zero-order chi connectivity index (χ0) is 22.2. The first-order valence-corrected chi connectivity index (χ1v) is 9.89. The molecule has 0 aliphatic carbocycles. The first kappa shape index (κ1) is 22.2. The molecule has 0 unspecified atom stereocenters. The van der Waals surface area contributed by atoms with Crippen LogP contribution in [0, 0.1) is 11.3 Å². The average molecular weight is 454 g/mol. The fourth-order valence-electron chi connectivity index (χ4n) is 2.71. The van der Waals surface area contributed by atoms with Crippen molar-refractivity contribution in [3.8, 4) is 23.3 Å². The Kier molecular flexibility index (Phi) is 7.55. The maximum absolute atomic E-state index is 12.2. The summed E-state index contributed by atoms with van der Waals surface area (Å²) >= 11 is 12.0. The lowest BCUT2D eigenvalue weighted by Gasteiger charge is -2.11. The number of nitriles is 1. The standard InChI is InChI=1S/C24H17Cl2NO4/c1-29-23-12-16(11-18(14-27)17-5-4-6-19(25)13-17)9-10-22(23)31-24(28)15-30-21-8-3-2-7-20(21)26/h2-13H,15H2,1H3/b18-11-. The minimum atomic E-state index is -0.613. The van der Waals surface area contributed by atoms with Gasteiger partial charge in [-0.25, -0.2) is 4.79 Å². The number of allylic oxidation sites excluding steroid dienone is 1. The molecule has 0 saturated heterocycles. The number of ether oxygens (including phenoxy) is 3. The number of halogens is 2. The third kappa shape index (κ3) is 6.02. The predicted octanol–water partition coefficient (Wildman–Crippen LogP) is 6.05. The van der Waals surface area contributed by atoms with Crippen LogP contribution in [0.25, 0.3) is 11.6 Å². The van der Waals surface area contributed by atoms with E-state index in [1.54, 1.807) is 72.8 Å². The number of methoxy groups -OCH3 is 1. The quantitative estimate of drug-likeness (QED) is 0.188. The maximum Gasteiger partial charge on any atom is 0.349 e. The Balaban J connectivity index is 1.74. The Morgan fingerprint density at radius 2 is 1.81 bits per heavy atom. The first-order chi connectivity index (χ1) is 15.0. The van der Waals surface area contributed by atoms with Gasteiger partial charge in [-0.3, -0.25) is 0 Å². The van der Waals surface area contributed by atoms with Gasteiger partial charge in [-0.05, 0) is 53.6 Å². The topological polar surface area (TPSA) is 68.5 Å². The minimum absolute atomic E-state index is 0.230. The molecule has 0 aliphatic rings. The number of esters is 1. The lowest BCUT2D eigenvalue weighted by atomic mass is 10.0. The molecule has 0 fully saturated rings. The molecule has 0 aliphatic heterocycles. The van der Waals surface area contributed by atoms with Crippen LogP contribution in [0.4, 0.5) is 0 Å². The Labute approximate surface area is 190 Å². The van der Waals surface area contributed by atoms with Gasteiger partial charge < -0.3 is 14.2 Å². The van der Waals surface area contributed by atoms with Gasteiger partial charge in [0, 0.05) is 5.02 Å². The monoisotopic (exact) mass is 453 g/mol. The molecule has 0 radical (unpaired) electrons. The van der Waals surface area contributed by atoms with Crippen molar-refractivity contribution in [1.82, 2.24) is 0 Å². The summed E-state index contributed by atoms with van der Waals surface area (Å²) in [7, 11) is 1.46. The Bertz CT molecular complexity index is 1170. The molecule has 31 heavy (non-hydrogen) atoms. The highest BCUT2D eigenvalue weighted by Gasteiger charge is 2.13. The molecule has 0 spiro atoms. The second-order valence-corrected chi connectivity index (χ2v) is 7.13. The van der Waals surface area contributed by atoms with E-state index in [1.165, 1.54) is 7.11 Å². The largest absolute Gasteiger partial charge is 0.493 e. The van der Waals surface area contributed by atoms with Crippen molar-refractivity contribution in [1.29, 1.82) is 5.26 Å². The van der Waals surface area contributed by atoms with Crippen LogP contribution in [-0.2, 0) is 4.79 Å². The molecule has 7 heteroatoms. The van der Waals surface area contributed by atoms with Crippen LogP contribution >= 0.6 is 23.2 Å². The van der Waals surface area contributed by atoms with Crippen molar-refractivity contribution in [3.63, 3.8) is 0 Å². The van der Waals surface area contributed by atoms with Crippen molar-refractivity contribution in [2.24, 2.45) is 0 Å². The molecule has 156 valence electrons. The van der Waals surface area contributed by atoms with E-state index < -0.39 is 5.97 Å². The fraction of sp³-hybridized carbons (Fsp3) is 0.0833. The van der Waals surface area contributed by atoms with Crippen LogP contribution < -0.4 is 14.2 Å². The van der Waals surface area contributed by atoms with Gasteiger partial charge in [0.2, 0.25) is 0 Å². The number of para-hydroxylation sites is 1. The van der Waals surface area contributed by atoms with E-state index in [4.69, 9.17) is 37.4 Å². The Morgan fingerprint density at radius 1 is 1.00 bits per heavy atom. The van der Waals surface area contributed by atoms with Crippen LogP contribution in [-0.4, -0.2) is 19.7 Å². The van der Waals surface area contributed by atoms with Gasteiger partial charge in [0.1, 0.15) is 5.75 Å². The molecule has 0 N–H and O–H groups in total. The van der Waals surface area contributed by atoms with Gasteiger partial charge in [0.15, 0.2) is 18.1 Å². The summed E-state index contributed by atoms with van der Waals surface area (Å²) in [5.41, 5.74) is 1.82. The predicted molar refractivity (Wildman–Crippen MR) is 121 cm³/mol. The molecule has 0 saturated carbocycles. The number of benzene rings is 3. The van der Waals surface area contributed by atoms with Gasteiger partial charge in [0.25, 0.3) is 0 Å². The van der Waals surface area contributed by atoms with Gasteiger partial charge in [-0.15, -0.1) is 0 Å². The summed E-state index contributed by atoms with van der Waals surface area (Å²) in [5, 5.41) is 10.5. The van der Waals surface area contributed by atoms with E-state index >= 15 is 0 Å². The van der Waals surface area contributed by atoms with Crippen LogP contribution in [0.5, 0.6) is 17.2 Å². The first-order valence-electron chi connectivity index (χ1n) is 9.14.